The summed E-state index contributed by atoms with van der Waals surface area (Å²) in [6, 6.07) is 0. The number of aliphatic hydroxyl groups excluding tert-OH is 2. The zero-order chi connectivity index (χ0) is 22.1. The van der Waals surface area contributed by atoms with Crippen LogP contribution in [0.2, 0.25) is 0 Å². The Morgan fingerprint density at radius 1 is 1.23 bits per heavy atom. The first kappa shape index (κ1) is 23.6. The Bertz CT molecular complexity index is 744. The fraction of sp³-hybridized carbons (Fsp3) is 0.778. The highest BCUT2D eigenvalue weighted by Crippen LogP contribution is 2.58. The van der Waals surface area contributed by atoms with E-state index in [9.17, 15) is 15.3 Å². The number of hydrogen-bond acceptors (Lipinski definition) is 3. The highest BCUT2D eigenvalue weighted by atomic mass is 16.3. The van der Waals surface area contributed by atoms with Gasteiger partial charge in [-0.2, -0.15) is 0 Å². The fourth-order valence-electron chi connectivity index (χ4n) is 6.36. The Labute approximate surface area is 183 Å². The second-order valence-electron chi connectivity index (χ2n) is 11.1. The van der Waals surface area contributed by atoms with E-state index in [1.54, 1.807) is 0 Å². The van der Waals surface area contributed by atoms with Gasteiger partial charge in [-0.1, -0.05) is 44.6 Å². The van der Waals surface area contributed by atoms with Gasteiger partial charge in [0.2, 0.25) is 0 Å². The molecule has 0 heterocycles. The summed E-state index contributed by atoms with van der Waals surface area (Å²) in [6.45, 7) is 10.6. The van der Waals surface area contributed by atoms with E-state index >= 15 is 0 Å². The molecule has 3 heteroatoms. The Kier molecular flexibility index (Phi) is 7.22. The number of aliphatic hydroxyl groups is 3. The molecular weight excluding hydrogens is 372 g/mol. The summed E-state index contributed by atoms with van der Waals surface area (Å²) >= 11 is 0. The Balaban J connectivity index is 1.71. The van der Waals surface area contributed by atoms with Crippen molar-refractivity contribution in [1.29, 1.82) is 0 Å². The molecule has 168 valence electrons. The van der Waals surface area contributed by atoms with E-state index in [1.807, 2.05) is 20.8 Å². The number of allylic oxidation sites excluding steroid dienone is 2. The van der Waals surface area contributed by atoms with E-state index in [4.69, 9.17) is 0 Å². The van der Waals surface area contributed by atoms with E-state index in [0.717, 1.165) is 30.4 Å². The van der Waals surface area contributed by atoms with Crippen molar-refractivity contribution >= 4 is 0 Å². The lowest BCUT2D eigenvalue weighted by molar-refractivity contribution is 0.0614. The molecule has 3 nitrogen and oxygen atoms in total. The van der Waals surface area contributed by atoms with Gasteiger partial charge in [-0.25, -0.2) is 0 Å². The first-order valence-electron chi connectivity index (χ1n) is 12.0. The molecule has 0 radical (unpaired) electrons. The lowest BCUT2D eigenvalue weighted by Gasteiger charge is -2.42. The van der Waals surface area contributed by atoms with Crippen LogP contribution >= 0.6 is 0 Å². The average Bonchev–Trinajstić information content (AvgIpc) is 3.00. The summed E-state index contributed by atoms with van der Waals surface area (Å²) < 4.78 is 0. The van der Waals surface area contributed by atoms with Gasteiger partial charge in [0.25, 0.3) is 0 Å². The van der Waals surface area contributed by atoms with Crippen LogP contribution in [0.1, 0.15) is 92.4 Å². The van der Waals surface area contributed by atoms with Crippen LogP contribution in [0.4, 0.5) is 0 Å². The van der Waals surface area contributed by atoms with Crippen LogP contribution in [-0.4, -0.2) is 33.1 Å². The van der Waals surface area contributed by atoms with E-state index in [0.29, 0.717) is 36.0 Å². The molecule has 30 heavy (non-hydrogen) atoms. The number of fused-ring (bicyclic) bond motifs is 1. The van der Waals surface area contributed by atoms with Gasteiger partial charge in [0.15, 0.2) is 0 Å². The summed E-state index contributed by atoms with van der Waals surface area (Å²) in [7, 11) is 0. The Morgan fingerprint density at radius 2 is 1.97 bits per heavy atom. The van der Waals surface area contributed by atoms with Crippen LogP contribution in [0.5, 0.6) is 0 Å². The Hall–Kier alpha value is -1.08. The van der Waals surface area contributed by atoms with E-state index in [2.05, 4.69) is 31.8 Å². The van der Waals surface area contributed by atoms with E-state index in [1.165, 1.54) is 31.3 Å². The summed E-state index contributed by atoms with van der Waals surface area (Å²) in [5.41, 5.74) is 2.87. The highest BCUT2D eigenvalue weighted by molar-refractivity contribution is 5.44. The first-order valence-corrected chi connectivity index (χ1v) is 12.0. The lowest BCUT2D eigenvalue weighted by atomic mass is 9.62. The summed E-state index contributed by atoms with van der Waals surface area (Å²) in [5, 5.41) is 30.2. The Morgan fingerprint density at radius 3 is 2.67 bits per heavy atom. The normalized spacial score (nSPS) is 35.4. The summed E-state index contributed by atoms with van der Waals surface area (Å²) in [6.07, 6.45) is 10.2. The SMILES string of the molecule is CC1=C(C#CC2=CCCC3(C)C2CCC3C(C)CCCC(C)(C)O)CC(O)CC1O. The molecule has 0 saturated heterocycles. The summed E-state index contributed by atoms with van der Waals surface area (Å²) in [4.78, 5) is 0. The van der Waals surface area contributed by atoms with Crippen LogP contribution in [0, 0.1) is 35.0 Å². The quantitative estimate of drug-likeness (QED) is 0.545. The minimum absolute atomic E-state index is 0.307. The smallest absolute Gasteiger partial charge is 0.0784 e. The average molecular weight is 415 g/mol. The predicted molar refractivity (Wildman–Crippen MR) is 123 cm³/mol. The van der Waals surface area contributed by atoms with Crippen LogP contribution in [-0.2, 0) is 0 Å². The third kappa shape index (κ3) is 5.21. The molecular formula is C27H42O3. The zero-order valence-corrected chi connectivity index (χ0v) is 19.7. The van der Waals surface area contributed by atoms with E-state index < -0.39 is 17.8 Å². The molecule has 0 aromatic rings. The van der Waals surface area contributed by atoms with Crippen LogP contribution in [0.3, 0.4) is 0 Å². The molecule has 0 aliphatic heterocycles. The van der Waals surface area contributed by atoms with Gasteiger partial charge in [0.05, 0.1) is 17.8 Å². The van der Waals surface area contributed by atoms with Crippen molar-refractivity contribution in [3.8, 4) is 11.8 Å². The van der Waals surface area contributed by atoms with Gasteiger partial charge in [-0.3, -0.25) is 0 Å². The maximum atomic E-state index is 10.1. The van der Waals surface area contributed by atoms with Crippen molar-refractivity contribution in [2.75, 3.05) is 0 Å². The van der Waals surface area contributed by atoms with Gasteiger partial charge < -0.3 is 15.3 Å². The molecule has 3 aliphatic rings. The molecule has 1 fully saturated rings. The highest BCUT2D eigenvalue weighted by Gasteiger charge is 2.50. The maximum Gasteiger partial charge on any atom is 0.0784 e. The minimum Gasteiger partial charge on any atom is -0.393 e. The van der Waals surface area contributed by atoms with Crippen molar-refractivity contribution in [1.82, 2.24) is 0 Å². The molecule has 0 aromatic heterocycles. The van der Waals surface area contributed by atoms with Gasteiger partial charge in [-0.05, 0) is 81.6 Å². The van der Waals surface area contributed by atoms with Crippen molar-refractivity contribution in [2.24, 2.45) is 23.2 Å². The van der Waals surface area contributed by atoms with Gasteiger partial charge in [0, 0.05) is 24.0 Å². The van der Waals surface area contributed by atoms with Gasteiger partial charge in [0.1, 0.15) is 0 Å². The second kappa shape index (κ2) is 9.19. The molecule has 0 spiro atoms. The molecule has 0 bridgehead atoms. The van der Waals surface area contributed by atoms with Gasteiger partial charge in [-0.15, -0.1) is 0 Å². The first-order chi connectivity index (χ1) is 14.0. The van der Waals surface area contributed by atoms with Crippen LogP contribution in [0.25, 0.3) is 0 Å². The minimum atomic E-state index is -0.565. The number of hydrogen-bond donors (Lipinski definition) is 3. The van der Waals surface area contributed by atoms with Crippen molar-refractivity contribution in [3.05, 3.63) is 22.8 Å². The maximum absolute atomic E-state index is 10.1. The lowest BCUT2D eigenvalue weighted by Crippen LogP contribution is -2.35. The second-order valence-corrected chi connectivity index (χ2v) is 11.1. The van der Waals surface area contributed by atoms with Crippen molar-refractivity contribution in [3.63, 3.8) is 0 Å². The molecule has 1 saturated carbocycles. The zero-order valence-electron chi connectivity index (χ0n) is 19.7. The topological polar surface area (TPSA) is 60.7 Å². The molecule has 6 atom stereocenters. The third-order valence-electron chi connectivity index (χ3n) is 8.24. The predicted octanol–water partition coefficient (Wildman–Crippen LogP) is 5.15. The molecule has 3 N–H and O–H groups in total. The third-order valence-corrected chi connectivity index (χ3v) is 8.24. The molecule has 0 aromatic carbocycles. The van der Waals surface area contributed by atoms with Crippen molar-refractivity contribution < 1.29 is 15.3 Å². The fourth-order valence-corrected chi connectivity index (χ4v) is 6.36. The molecule has 6 unspecified atom stereocenters. The standard InChI is InChI=1S/C27H42O3/c1-18(8-6-14-26(3,4)30)23-12-13-24-20(9-7-15-27(23,24)5)10-11-21-16-22(28)17-25(29)19(21)2/h9,18,22-25,28-30H,6-8,12-17H2,1-5H3. The summed E-state index contributed by atoms with van der Waals surface area (Å²) in [5.74, 6) is 8.73. The van der Waals surface area contributed by atoms with E-state index in [-0.39, 0.29) is 0 Å². The van der Waals surface area contributed by atoms with Gasteiger partial charge >= 0.3 is 0 Å². The van der Waals surface area contributed by atoms with Crippen molar-refractivity contribution in [2.45, 2.75) is 110 Å². The number of rotatable bonds is 5. The largest absolute Gasteiger partial charge is 0.393 e. The molecule has 3 rings (SSSR count). The van der Waals surface area contributed by atoms with Crippen LogP contribution < -0.4 is 0 Å². The molecule has 3 aliphatic carbocycles. The van der Waals surface area contributed by atoms with Crippen LogP contribution in [0.15, 0.2) is 22.8 Å². The molecule has 0 amide bonds. The monoisotopic (exact) mass is 414 g/mol.